The highest BCUT2D eigenvalue weighted by Gasteiger charge is 2.13. The van der Waals surface area contributed by atoms with Crippen LogP contribution in [0, 0.1) is 6.92 Å². The van der Waals surface area contributed by atoms with Crippen LogP contribution in [0.4, 0.5) is 5.69 Å². The third-order valence-corrected chi connectivity index (χ3v) is 3.32. The number of hydrogen-bond acceptors (Lipinski definition) is 5. The number of nitrogens with one attached hydrogen (secondary N) is 2. The molecule has 2 aromatic rings. The Hall–Kier alpha value is -3.09. The first-order chi connectivity index (χ1) is 11.5. The van der Waals surface area contributed by atoms with Gasteiger partial charge in [-0.3, -0.25) is 14.4 Å². The van der Waals surface area contributed by atoms with Gasteiger partial charge in [0.15, 0.2) is 5.76 Å². The largest absolute Gasteiger partial charge is 0.469 e. The van der Waals surface area contributed by atoms with Crippen molar-refractivity contribution in [1.29, 1.82) is 0 Å². The number of rotatable bonds is 6. The Morgan fingerprint density at radius 2 is 1.79 bits per heavy atom. The van der Waals surface area contributed by atoms with Crippen LogP contribution in [0.15, 0.2) is 41.0 Å². The molecule has 2 N–H and O–H groups in total. The van der Waals surface area contributed by atoms with Gasteiger partial charge in [-0.05, 0) is 37.3 Å². The summed E-state index contributed by atoms with van der Waals surface area (Å²) in [5.41, 5.74) is 1.71. The van der Waals surface area contributed by atoms with Crippen LogP contribution in [0.3, 0.4) is 0 Å². The van der Waals surface area contributed by atoms with E-state index in [-0.39, 0.29) is 36.5 Å². The Morgan fingerprint density at radius 3 is 2.38 bits per heavy atom. The molecule has 24 heavy (non-hydrogen) atoms. The second-order valence-corrected chi connectivity index (χ2v) is 5.05. The van der Waals surface area contributed by atoms with E-state index in [0.29, 0.717) is 11.3 Å². The topological polar surface area (TPSA) is 97.6 Å². The zero-order valence-corrected chi connectivity index (χ0v) is 13.4. The second-order valence-electron chi connectivity index (χ2n) is 5.05. The summed E-state index contributed by atoms with van der Waals surface area (Å²) in [6.07, 6.45) is 1.56. The van der Waals surface area contributed by atoms with Crippen molar-refractivity contribution in [2.45, 2.75) is 13.3 Å². The Bertz CT molecular complexity index is 734. The number of ether oxygens (including phenoxy) is 1. The Balaban J connectivity index is 1.90. The molecule has 0 bridgehead atoms. The van der Waals surface area contributed by atoms with Crippen molar-refractivity contribution in [2.75, 3.05) is 19.0 Å². The zero-order valence-electron chi connectivity index (χ0n) is 13.4. The highest BCUT2D eigenvalue weighted by atomic mass is 16.5. The average molecular weight is 330 g/mol. The van der Waals surface area contributed by atoms with Crippen molar-refractivity contribution in [1.82, 2.24) is 5.32 Å². The highest BCUT2D eigenvalue weighted by Crippen LogP contribution is 2.14. The number of methoxy groups -OCH3 is 1. The predicted molar refractivity (Wildman–Crippen MR) is 86.8 cm³/mol. The van der Waals surface area contributed by atoms with Crippen LogP contribution < -0.4 is 10.6 Å². The SMILES string of the molecule is COC(=O)CCNC(=O)c1ccc(NC(=O)c2occc2C)cc1. The number of hydrogen-bond donors (Lipinski definition) is 2. The lowest BCUT2D eigenvalue weighted by Crippen LogP contribution is -2.26. The van der Waals surface area contributed by atoms with Crippen LogP contribution >= 0.6 is 0 Å². The minimum atomic E-state index is -0.387. The van der Waals surface area contributed by atoms with E-state index in [9.17, 15) is 14.4 Å². The normalized spacial score (nSPS) is 10.1. The molecular formula is C17H18N2O5. The Kier molecular flexibility index (Phi) is 5.73. The van der Waals surface area contributed by atoms with Crippen molar-refractivity contribution < 1.29 is 23.5 Å². The van der Waals surface area contributed by atoms with Gasteiger partial charge >= 0.3 is 5.97 Å². The van der Waals surface area contributed by atoms with Crippen LogP contribution in [0.5, 0.6) is 0 Å². The van der Waals surface area contributed by atoms with E-state index in [4.69, 9.17) is 4.42 Å². The number of carbonyl (C=O) groups is 3. The molecule has 0 atom stereocenters. The third-order valence-electron chi connectivity index (χ3n) is 3.32. The molecule has 0 aliphatic heterocycles. The van der Waals surface area contributed by atoms with Crippen molar-refractivity contribution in [3.05, 3.63) is 53.5 Å². The summed E-state index contributed by atoms with van der Waals surface area (Å²) in [5, 5.41) is 5.30. The first-order valence-corrected chi connectivity index (χ1v) is 7.32. The molecule has 7 heteroatoms. The van der Waals surface area contributed by atoms with Gasteiger partial charge in [-0.25, -0.2) is 0 Å². The van der Waals surface area contributed by atoms with Crippen molar-refractivity contribution >= 4 is 23.5 Å². The number of benzene rings is 1. The molecule has 0 spiro atoms. The minimum absolute atomic E-state index is 0.110. The lowest BCUT2D eigenvalue weighted by Gasteiger charge is -2.07. The third kappa shape index (κ3) is 4.45. The average Bonchev–Trinajstić information content (AvgIpc) is 3.01. The van der Waals surface area contributed by atoms with Gasteiger partial charge in [0.25, 0.3) is 11.8 Å². The smallest absolute Gasteiger partial charge is 0.307 e. The lowest BCUT2D eigenvalue weighted by molar-refractivity contribution is -0.140. The van der Waals surface area contributed by atoms with Gasteiger partial charge in [0, 0.05) is 23.4 Å². The molecule has 0 aliphatic rings. The quantitative estimate of drug-likeness (QED) is 0.791. The van der Waals surface area contributed by atoms with Gasteiger partial charge in [0.05, 0.1) is 19.8 Å². The fourth-order valence-electron chi connectivity index (χ4n) is 1.98. The molecular weight excluding hydrogens is 312 g/mol. The summed E-state index contributed by atoms with van der Waals surface area (Å²) >= 11 is 0. The minimum Gasteiger partial charge on any atom is -0.469 e. The molecule has 0 aliphatic carbocycles. The van der Waals surface area contributed by atoms with Gasteiger partial charge in [0.1, 0.15) is 0 Å². The zero-order chi connectivity index (χ0) is 17.5. The predicted octanol–water partition coefficient (Wildman–Crippen LogP) is 2.13. The number of furan rings is 1. The molecule has 0 radical (unpaired) electrons. The standard InChI is InChI=1S/C17H18N2O5/c1-11-8-10-24-15(11)17(22)19-13-5-3-12(4-6-13)16(21)18-9-7-14(20)23-2/h3-6,8,10H,7,9H2,1-2H3,(H,18,21)(H,19,22). The maximum absolute atomic E-state index is 12.0. The molecule has 126 valence electrons. The highest BCUT2D eigenvalue weighted by molar-refractivity contribution is 6.03. The lowest BCUT2D eigenvalue weighted by atomic mass is 10.2. The molecule has 2 rings (SSSR count). The van der Waals surface area contributed by atoms with E-state index in [1.165, 1.54) is 13.4 Å². The molecule has 1 heterocycles. The summed E-state index contributed by atoms with van der Waals surface area (Å²) < 4.78 is 9.61. The number of esters is 1. The fraction of sp³-hybridized carbons (Fsp3) is 0.235. The first kappa shape index (κ1) is 17.3. The summed E-state index contributed by atoms with van der Waals surface area (Å²) in [6, 6.07) is 8.10. The van der Waals surface area contributed by atoms with Gasteiger partial charge in [-0.1, -0.05) is 0 Å². The molecule has 0 saturated carbocycles. The second kappa shape index (κ2) is 7.96. The Labute approximate surface area is 139 Å². The van der Waals surface area contributed by atoms with Crippen molar-refractivity contribution in [2.24, 2.45) is 0 Å². The van der Waals surface area contributed by atoms with Crippen LogP contribution in [0.1, 0.15) is 32.9 Å². The molecule has 1 aromatic carbocycles. The Morgan fingerprint density at radius 1 is 1.08 bits per heavy atom. The van der Waals surface area contributed by atoms with E-state index in [1.54, 1.807) is 37.3 Å². The summed E-state index contributed by atoms with van der Waals surface area (Å²) in [5.74, 6) is -0.798. The van der Waals surface area contributed by atoms with E-state index < -0.39 is 0 Å². The molecule has 1 aromatic heterocycles. The fourth-order valence-corrected chi connectivity index (χ4v) is 1.98. The van der Waals surface area contributed by atoms with Crippen LogP contribution in [-0.2, 0) is 9.53 Å². The molecule has 0 unspecified atom stereocenters. The van der Waals surface area contributed by atoms with E-state index in [2.05, 4.69) is 15.4 Å². The van der Waals surface area contributed by atoms with E-state index >= 15 is 0 Å². The van der Waals surface area contributed by atoms with E-state index in [0.717, 1.165) is 5.56 Å². The van der Waals surface area contributed by atoms with Crippen molar-refractivity contribution in [3.8, 4) is 0 Å². The maximum atomic E-state index is 12.0. The van der Waals surface area contributed by atoms with Crippen LogP contribution in [0.2, 0.25) is 0 Å². The van der Waals surface area contributed by atoms with Crippen LogP contribution in [0.25, 0.3) is 0 Å². The molecule has 0 saturated heterocycles. The van der Waals surface area contributed by atoms with Gasteiger partial charge < -0.3 is 19.8 Å². The summed E-state index contributed by atoms with van der Waals surface area (Å²) in [4.78, 5) is 34.9. The van der Waals surface area contributed by atoms with E-state index in [1.807, 2.05) is 0 Å². The number of carbonyl (C=O) groups excluding carboxylic acids is 3. The van der Waals surface area contributed by atoms with Crippen molar-refractivity contribution in [3.63, 3.8) is 0 Å². The molecule has 2 amide bonds. The number of amides is 2. The first-order valence-electron chi connectivity index (χ1n) is 7.32. The summed E-state index contributed by atoms with van der Waals surface area (Å²) in [7, 11) is 1.29. The summed E-state index contributed by atoms with van der Waals surface area (Å²) in [6.45, 7) is 1.97. The van der Waals surface area contributed by atoms with Crippen LogP contribution in [-0.4, -0.2) is 31.4 Å². The molecule has 0 fully saturated rings. The van der Waals surface area contributed by atoms with Gasteiger partial charge in [-0.15, -0.1) is 0 Å². The molecule has 7 nitrogen and oxygen atoms in total. The number of aryl methyl sites for hydroxylation is 1. The monoisotopic (exact) mass is 330 g/mol. The van der Waals surface area contributed by atoms with Gasteiger partial charge in [-0.2, -0.15) is 0 Å². The maximum Gasteiger partial charge on any atom is 0.307 e. The number of anilines is 1. The van der Waals surface area contributed by atoms with Gasteiger partial charge in [0.2, 0.25) is 0 Å².